The van der Waals surface area contributed by atoms with Crippen molar-refractivity contribution in [3.8, 4) is 11.5 Å². The van der Waals surface area contributed by atoms with E-state index in [-0.39, 0.29) is 17.4 Å². The van der Waals surface area contributed by atoms with Gasteiger partial charge in [-0.15, -0.1) is 0 Å². The van der Waals surface area contributed by atoms with Gasteiger partial charge in [0.15, 0.2) is 0 Å². The minimum absolute atomic E-state index is 0.0215. The Bertz CT molecular complexity index is 836. The van der Waals surface area contributed by atoms with Crippen LogP contribution >= 0.6 is 0 Å². The van der Waals surface area contributed by atoms with Gasteiger partial charge in [-0.25, -0.2) is 4.98 Å². The van der Waals surface area contributed by atoms with Gasteiger partial charge in [-0.05, 0) is 44.2 Å². The van der Waals surface area contributed by atoms with Crippen molar-refractivity contribution in [2.45, 2.75) is 39.9 Å². The predicted molar refractivity (Wildman–Crippen MR) is 108 cm³/mol. The Balaban J connectivity index is 1.63. The van der Waals surface area contributed by atoms with E-state index in [0.29, 0.717) is 29.2 Å². The van der Waals surface area contributed by atoms with E-state index in [4.69, 9.17) is 4.42 Å². The summed E-state index contributed by atoms with van der Waals surface area (Å²) in [6.45, 7) is 9.70. The average molecular weight is 389 g/mol. The van der Waals surface area contributed by atoms with Crippen LogP contribution < -0.4 is 0 Å². The van der Waals surface area contributed by atoms with Crippen molar-refractivity contribution in [3.05, 3.63) is 41.3 Å². The largest absolute Gasteiger partial charge is 0.441 e. The van der Waals surface area contributed by atoms with Crippen LogP contribution in [0, 0.1) is 25.7 Å². The predicted octanol–water partition coefficient (Wildman–Crippen LogP) is 3.71. The average Bonchev–Trinajstić information content (AvgIpc) is 2.94. The summed E-state index contributed by atoms with van der Waals surface area (Å²) in [5.41, 5.74) is 2.70. The van der Waals surface area contributed by atoms with Gasteiger partial charge in [-0.2, -0.15) is 0 Å². The zero-order valence-corrected chi connectivity index (χ0v) is 17.3. The minimum atomic E-state index is -1.30. The highest BCUT2D eigenvalue weighted by Crippen LogP contribution is 2.24. The van der Waals surface area contributed by atoms with E-state index in [1.54, 1.807) is 0 Å². The fourth-order valence-electron chi connectivity index (χ4n) is 3.76. The first kappa shape index (κ1) is 19.8. The van der Waals surface area contributed by atoms with Crippen molar-refractivity contribution < 1.29 is 13.4 Å². The lowest BCUT2D eigenvalue weighted by Crippen LogP contribution is -2.44. The second-order valence-electron chi connectivity index (χ2n) is 7.86. The summed E-state index contributed by atoms with van der Waals surface area (Å²) >= 11 is 0. The number of benzene rings is 1. The molecule has 0 bridgehead atoms. The zero-order valence-electron chi connectivity index (χ0n) is 16.5. The van der Waals surface area contributed by atoms with Crippen molar-refractivity contribution in [2.75, 3.05) is 18.8 Å². The molecule has 0 saturated carbocycles. The minimum Gasteiger partial charge on any atom is -0.441 e. The van der Waals surface area contributed by atoms with Crippen LogP contribution in [0.1, 0.15) is 37.3 Å². The lowest BCUT2D eigenvalue weighted by Gasteiger charge is -2.34. The number of oxazole rings is 1. The number of rotatable bonds is 5. The third-order valence-corrected chi connectivity index (χ3v) is 6.13. The topological polar surface area (TPSA) is 63.4 Å². The number of likely N-dealkylation sites (tertiary alicyclic amines) is 1. The molecule has 1 aromatic heterocycles. The van der Waals surface area contributed by atoms with Gasteiger partial charge in [0, 0.05) is 29.5 Å². The van der Waals surface area contributed by atoms with Gasteiger partial charge < -0.3 is 9.32 Å². The molecule has 3 rings (SSSR count). The number of amides is 1. The molecule has 0 aliphatic carbocycles. The molecule has 146 valence electrons. The zero-order chi connectivity index (χ0) is 19.6. The molecule has 1 amide bonds. The number of hydrogen-bond donors (Lipinski definition) is 0. The van der Waals surface area contributed by atoms with Crippen molar-refractivity contribution in [3.63, 3.8) is 0 Å². The summed E-state index contributed by atoms with van der Waals surface area (Å²) in [6, 6.07) is 7.93. The number of nitrogens with zero attached hydrogens (tertiary/aromatic N) is 2. The van der Waals surface area contributed by atoms with Crippen LogP contribution in [0.2, 0.25) is 0 Å². The highest BCUT2D eigenvalue weighted by Gasteiger charge is 2.26. The summed E-state index contributed by atoms with van der Waals surface area (Å²) in [5.74, 6) is 2.46. The third-order valence-electron chi connectivity index (χ3n) is 4.96. The Morgan fingerprint density at radius 3 is 2.63 bits per heavy atom. The normalized spacial score (nSPS) is 21.3. The molecule has 0 unspecified atom stereocenters. The molecule has 2 aromatic rings. The van der Waals surface area contributed by atoms with Crippen molar-refractivity contribution in [1.29, 1.82) is 0 Å². The Labute approximate surface area is 163 Å². The second-order valence-corrected chi connectivity index (χ2v) is 9.32. The van der Waals surface area contributed by atoms with Gasteiger partial charge in [0.1, 0.15) is 11.5 Å². The SMILES string of the molecule is Cc1cccc(-c2nc(C[S@@](=O)CC(=O)N3C[C@H](C)C[C@H](C)C3)c(C)o2)c1. The molecular weight excluding hydrogens is 360 g/mol. The molecule has 5 nitrogen and oxygen atoms in total. The monoisotopic (exact) mass is 388 g/mol. The van der Waals surface area contributed by atoms with Crippen LogP contribution in [-0.4, -0.2) is 38.8 Å². The molecule has 1 saturated heterocycles. The van der Waals surface area contributed by atoms with Gasteiger partial charge >= 0.3 is 0 Å². The molecular formula is C21H28N2O3S. The van der Waals surface area contributed by atoms with Crippen molar-refractivity contribution in [1.82, 2.24) is 9.88 Å². The maximum absolute atomic E-state index is 12.6. The Morgan fingerprint density at radius 1 is 1.26 bits per heavy atom. The first-order chi connectivity index (χ1) is 12.8. The lowest BCUT2D eigenvalue weighted by molar-refractivity contribution is -0.131. The first-order valence-corrected chi connectivity index (χ1v) is 11.0. The van der Waals surface area contributed by atoms with Gasteiger partial charge in [0.2, 0.25) is 11.8 Å². The van der Waals surface area contributed by atoms with E-state index >= 15 is 0 Å². The van der Waals surface area contributed by atoms with E-state index in [2.05, 4.69) is 18.8 Å². The quantitative estimate of drug-likeness (QED) is 0.783. The van der Waals surface area contributed by atoms with Gasteiger partial charge in [-0.3, -0.25) is 9.00 Å². The maximum atomic E-state index is 12.6. The Morgan fingerprint density at radius 2 is 1.96 bits per heavy atom. The van der Waals surface area contributed by atoms with Crippen molar-refractivity contribution >= 4 is 16.7 Å². The number of carbonyl (C=O) groups excluding carboxylic acids is 1. The first-order valence-electron chi connectivity index (χ1n) is 9.48. The number of carbonyl (C=O) groups is 1. The number of piperidine rings is 1. The molecule has 6 heteroatoms. The molecule has 1 aliphatic rings. The Hall–Kier alpha value is -1.95. The summed E-state index contributed by atoms with van der Waals surface area (Å²) < 4.78 is 18.3. The summed E-state index contributed by atoms with van der Waals surface area (Å²) in [4.78, 5) is 18.9. The standard InChI is InChI=1S/C21H28N2O3S/c1-14-6-5-7-18(9-14)21-22-19(17(4)26-21)12-27(25)13-20(24)23-10-15(2)8-16(3)11-23/h5-7,9,15-16H,8,10-13H2,1-4H3/t15-,16+,27-/m1/s1. The fourth-order valence-corrected chi connectivity index (χ4v) is 4.90. The highest BCUT2D eigenvalue weighted by molar-refractivity contribution is 7.84. The Kier molecular flexibility index (Phi) is 6.15. The van der Waals surface area contributed by atoms with Crippen LogP contribution in [-0.2, 0) is 21.3 Å². The number of aromatic nitrogens is 1. The molecule has 0 N–H and O–H groups in total. The van der Waals surface area contributed by atoms with E-state index in [1.807, 2.05) is 43.0 Å². The van der Waals surface area contributed by atoms with Crippen molar-refractivity contribution in [2.24, 2.45) is 11.8 Å². The fraction of sp³-hybridized carbons (Fsp3) is 0.524. The van der Waals surface area contributed by atoms with E-state index < -0.39 is 10.8 Å². The van der Waals surface area contributed by atoms with Crippen LogP contribution in [0.25, 0.3) is 11.5 Å². The maximum Gasteiger partial charge on any atom is 0.235 e. The van der Waals surface area contributed by atoms with Crippen LogP contribution in [0.4, 0.5) is 0 Å². The van der Waals surface area contributed by atoms with Gasteiger partial charge in [0.25, 0.3) is 0 Å². The van der Waals surface area contributed by atoms with Gasteiger partial charge in [-0.1, -0.05) is 31.5 Å². The van der Waals surface area contributed by atoms with E-state index in [1.165, 1.54) is 0 Å². The summed E-state index contributed by atoms with van der Waals surface area (Å²) in [7, 11) is -1.30. The molecule has 1 fully saturated rings. The smallest absolute Gasteiger partial charge is 0.235 e. The van der Waals surface area contributed by atoms with Crippen LogP contribution in [0.3, 0.4) is 0 Å². The molecule has 1 aliphatic heterocycles. The summed E-state index contributed by atoms with van der Waals surface area (Å²) in [6.07, 6.45) is 1.15. The number of aryl methyl sites for hydroxylation is 2. The third kappa shape index (κ3) is 5.06. The van der Waals surface area contributed by atoms with E-state index in [0.717, 1.165) is 30.6 Å². The van der Waals surface area contributed by atoms with E-state index in [9.17, 15) is 9.00 Å². The number of hydrogen-bond acceptors (Lipinski definition) is 4. The molecule has 0 radical (unpaired) electrons. The molecule has 2 heterocycles. The summed E-state index contributed by atoms with van der Waals surface area (Å²) in [5, 5.41) is 0. The van der Waals surface area contributed by atoms with Crippen LogP contribution in [0.15, 0.2) is 28.7 Å². The highest BCUT2D eigenvalue weighted by atomic mass is 32.2. The van der Waals surface area contributed by atoms with Gasteiger partial charge in [0.05, 0.1) is 11.4 Å². The lowest BCUT2D eigenvalue weighted by atomic mass is 9.92. The molecule has 3 atom stereocenters. The molecule has 0 spiro atoms. The van der Waals surface area contributed by atoms with Crippen LogP contribution in [0.5, 0.6) is 0 Å². The second kappa shape index (κ2) is 8.38. The molecule has 1 aromatic carbocycles. The molecule has 27 heavy (non-hydrogen) atoms.